The number of halogens is 1. The monoisotopic (exact) mass is 526 g/mol. The van der Waals surface area contributed by atoms with Crippen LogP contribution >= 0.6 is 24.0 Å². The van der Waals surface area contributed by atoms with E-state index in [-0.39, 0.29) is 29.9 Å². The van der Waals surface area contributed by atoms with E-state index >= 15 is 0 Å². The minimum atomic E-state index is -0.0570. The highest BCUT2D eigenvalue weighted by atomic mass is 127. The van der Waals surface area contributed by atoms with Gasteiger partial charge in [0.25, 0.3) is 5.91 Å². The molecule has 0 spiro atoms. The maximum Gasteiger partial charge on any atom is 0.289 e. The Morgan fingerprint density at radius 2 is 1.80 bits per heavy atom. The smallest absolute Gasteiger partial charge is 0.289 e. The lowest BCUT2D eigenvalue weighted by Gasteiger charge is -2.36. The van der Waals surface area contributed by atoms with Gasteiger partial charge in [0.1, 0.15) is 12.4 Å². The number of carbonyl (C=O) groups is 1. The molecule has 1 aliphatic rings. The number of piperazine rings is 1. The van der Waals surface area contributed by atoms with Gasteiger partial charge in [0.15, 0.2) is 11.7 Å². The van der Waals surface area contributed by atoms with Crippen molar-refractivity contribution in [3.63, 3.8) is 0 Å². The molecule has 3 rings (SSSR count). The fraction of sp³-hybridized carbons (Fsp3) is 0.455. The fourth-order valence-corrected chi connectivity index (χ4v) is 3.43. The van der Waals surface area contributed by atoms with Gasteiger partial charge < -0.3 is 24.3 Å². The first-order valence-corrected chi connectivity index (χ1v) is 10.1. The summed E-state index contributed by atoms with van der Waals surface area (Å²) >= 11 is 0. The van der Waals surface area contributed by atoms with Crippen LogP contribution in [0.4, 0.5) is 0 Å². The first-order chi connectivity index (χ1) is 14.1. The Labute approximate surface area is 195 Å². The van der Waals surface area contributed by atoms with Gasteiger partial charge in [0.2, 0.25) is 0 Å². The third-order valence-corrected chi connectivity index (χ3v) is 4.75. The molecule has 164 valence electrons. The second-order valence-electron chi connectivity index (χ2n) is 7.16. The average Bonchev–Trinajstić information content (AvgIpc) is 3.24. The van der Waals surface area contributed by atoms with Crippen LogP contribution in [-0.4, -0.2) is 67.5 Å². The molecule has 1 fully saturated rings. The zero-order chi connectivity index (χ0) is 20.6. The molecule has 8 heteroatoms. The lowest BCUT2D eigenvalue weighted by Crippen LogP contribution is -2.53. The predicted octanol–water partition coefficient (Wildman–Crippen LogP) is 3.32. The number of aryl methyl sites for hydroxylation is 2. The van der Waals surface area contributed by atoms with Gasteiger partial charge in [-0.1, -0.05) is 6.07 Å². The lowest BCUT2D eigenvalue weighted by molar-refractivity contribution is 0.0657. The van der Waals surface area contributed by atoms with Gasteiger partial charge in [-0.05, 0) is 56.2 Å². The number of aliphatic imine (C=N–C) groups is 1. The number of hydrogen-bond donors (Lipinski definition) is 1. The van der Waals surface area contributed by atoms with Crippen molar-refractivity contribution in [2.45, 2.75) is 20.8 Å². The molecule has 0 radical (unpaired) electrons. The molecule has 1 aromatic carbocycles. The molecule has 1 N–H and O–H groups in total. The van der Waals surface area contributed by atoms with Crippen molar-refractivity contribution in [1.29, 1.82) is 0 Å². The van der Waals surface area contributed by atoms with Crippen LogP contribution in [0.25, 0.3) is 0 Å². The van der Waals surface area contributed by atoms with E-state index in [4.69, 9.17) is 14.1 Å². The molecule has 30 heavy (non-hydrogen) atoms. The molecule has 1 saturated heterocycles. The molecule has 2 heterocycles. The second kappa shape index (κ2) is 11.8. The quantitative estimate of drug-likeness (QED) is 0.271. The maximum absolute atomic E-state index is 12.4. The van der Waals surface area contributed by atoms with E-state index in [2.05, 4.69) is 37.1 Å². The van der Waals surface area contributed by atoms with Gasteiger partial charge in [-0.3, -0.25) is 4.79 Å². The number of carbonyl (C=O) groups excluding carboxylic acids is 1. The molecule has 1 aromatic heterocycles. The zero-order valence-corrected chi connectivity index (χ0v) is 20.2. The van der Waals surface area contributed by atoms with Crippen LogP contribution in [0.2, 0.25) is 0 Å². The summed E-state index contributed by atoms with van der Waals surface area (Å²) in [6.07, 6.45) is 1.53. The molecule has 7 nitrogen and oxygen atoms in total. The van der Waals surface area contributed by atoms with Crippen molar-refractivity contribution < 1.29 is 13.9 Å². The summed E-state index contributed by atoms with van der Waals surface area (Å²) in [4.78, 5) is 21.1. The molecule has 2 aromatic rings. The number of rotatable bonds is 6. The Morgan fingerprint density at radius 1 is 1.13 bits per heavy atom. The van der Waals surface area contributed by atoms with Crippen molar-refractivity contribution in [3.8, 4) is 5.75 Å². The highest BCUT2D eigenvalue weighted by molar-refractivity contribution is 14.0. The number of nitrogens with one attached hydrogen (secondary N) is 1. The summed E-state index contributed by atoms with van der Waals surface area (Å²) in [5.41, 5.74) is 2.39. The molecule has 0 aliphatic carbocycles. The Hall–Kier alpha value is -2.23. The van der Waals surface area contributed by atoms with Crippen LogP contribution in [-0.2, 0) is 0 Å². The van der Waals surface area contributed by atoms with Gasteiger partial charge in [-0.15, -0.1) is 24.0 Å². The summed E-state index contributed by atoms with van der Waals surface area (Å²) in [5.74, 6) is 2.08. The van der Waals surface area contributed by atoms with Gasteiger partial charge in [0, 0.05) is 32.7 Å². The molecule has 0 saturated carbocycles. The van der Waals surface area contributed by atoms with Crippen LogP contribution in [0.15, 0.2) is 46.0 Å². The standard InChI is InChI=1S/C22H30N4O3.HI/c1-4-23-22(24-7-13-28-19-15-17(2)14-18(3)16-19)26-10-8-25(9-11-26)21(27)20-6-5-12-29-20;/h5-6,12,14-16H,4,7-11,13H2,1-3H3,(H,23,24);1H. The molecule has 1 aliphatic heterocycles. The number of nitrogens with zero attached hydrogens (tertiary/aromatic N) is 3. The van der Waals surface area contributed by atoms with Crippen molar-refractivity contribution in [2.75, 3.05) is 45.9 Å². The second-order valence-corrected chi connectivity index (χ2v) is 7.16. The summed E-state index contributed by atoms with van der Waals surface area (Å²) in [7, 11) is 0. The number of furan rings is 1. The SMILES string of the molecule is CCNC(=NCCOc1cc(C)cc(C)c1)N1CCN(C(=O)c2ccco2)CC1.I. The van der Waals surface area contributed by atoms with E-state index in [1.165, 1.54) is 17.4 Å². The third kappa shape index (κ3) is 6.65. The Balaban J connectivity index is 0.00000320. The molecule has 0 unspecified atom stereocenters. The van der Waals surface area contributed by atoms with Crippen molar-refractivity contribution in [2.24, 2.45) is 4.99 Å². The van der Waals surface area contributed by atoms with Crippen LogP contribution < -0.4 is 10.1 Å². The summed E-state index contributed by atoms with van der Waals surface area (Å²) in [6.45, 7) is 10.8. The van der Waals surface area contributed by atoms with E-state index in [0.29, 0.717) is 32.0 Å². The minimum Gasteiger partial charge on any atom is -0.492 e. The predicted molar refractivity (Wildman–Crippen MR) is 129 cm³/mol. The average molecular weight is 526 g/mol. The zero-order valence-electron chi connectivity index (χ0n) is 17.9. The van der Waals surface area contributed by atoms with E-state index in [1.807, 2.05) is 17.0 Å². The van der Waals surface area contributed by atoms with Crippen LogP contribution in [0.5, 0.6) is 5.75 Å². The summed E-state index contributed by atoms with van der Waals surface area (Å²) in [5, 5.41) is 3.34. The van der Waals surface area contributed by atoms with Crippen LogP contribution in [0, 0.1) is 13.8 Å². The van der Waals surface area contributed by atoms with E-state index in [1.54, 1.807) is 12.1 Å². The van der Waals surface area contributed by atoms with Gasteiger partial charge in [0.05, 0.1) is 12.8 Å². The Bertz CT molecular complexity index is 811. The van der Waals surface area contributed by atoms with Gasteiger partial charge in [-0.2, -0.15) is 0 Å². The highest BCUT2D eigenvalue weighted by Gasteiger charge is 2.25. The number of amides is 1. The molecule has 1 amide bonds. The van der Waals surface area contributed by atoms with E-state index < -0.39 is 0 Å². The topological polar surface area (TPSA) is 70.3 Å². The lowest BCUT2D eigenvalue weighted by atomic mass is 10.1. The number of hydrogen-bond acceptors (Lipinski definition) is 4. The van der Waals surface area contributed by atoms with Crippen molar-refractivity contribution in [3.05, 3.63) is 53.5 Å². The first-order valence-electron chi connectivity index (χ1n) is 10.1. The number of ether oxygens (including phenoxy) is 1. The Morgan fingerprint density at radius 3 is 2.40 bits per heavy atom. The van der Waals surface area contributed by atoms with Gasteiger partial charge >= 0.3 is 0 Å². The fourth-order valence-electron chi connectivity index (χ4n) is 3.43. The summed E-state index contributed by atoms with van der Waals surface area (Å²) < 4.78 is 11.1. The molecule has 0 bridgehead atoms. The number of guanidine groups is 1. The molecular weight excluding hydrogens is 495 g/mol. The van der Waals surface area contributed by atoms with Crippen LogP contribution in [0.3, 0.4) is 0 Å². The normalized spacial score (nSPS) is 14.3. The van der Waals surface area contributed by atoms with Crippen molar-refractivity contribution in [1.82, 2.24) is 15.1 Å². The Kier molecular flexibility index (Phi) is 9.48. The maximum atomic E-state index is 12.4. The van der Waals surface area contributed by atoms with E-state index in [0.717, 1.165) is 31.3 Å². The van der Waals surface area contributed by atoms with Crippen molar-refractivity contribution >= 4 is 35.8 Å². The highest BCUT2D eigenvalue weighted by Crippen LogP contribution is 2.16. The van der Waals surface area contributed by atoms with E-state index in [9.17, 15) is 4.79 Å². The first kappa shape index (κ1) is 24.0. The molecular formula is C22H31IN4O3. The van der Waals surface area contributed by atoms with Gasteiger partial charge in [-0.25, -0.2) is 4.99 Å². The number of benzene rings is 1. The summed E-state index contributed by atoms with van der Waals surface area (Å²) in [6, 6.07) is 9.65. The minimum absolute atomic E-state index is 0. The molecule has 0 atom stereocenters. The largest absolute Gasteiger partial charge is 0.492 e. The third-order valence-electron chi connectivity index (χ3n) is 4.75. The van der Waals surface area contributed by atoms with Crippen LogP contribution in [0.1, 0.15) is 28.6 Å².